The van der Waals surface area contributed by atoms with Crippen LogP contribution in [0.5, 0.6) is 0 Å². The van der Waals surface area contributed by atoms with E-state index in [4.69, 9.17) is 0 Å². The van der Waals surface area contributed by atoms with Gasteiger partial charge in [-0.3, -0.25) is 14.4 Å². The number of nitrogens with zero attached hydrogens (tertiary/aromatic N) is 1. The van der Waals surface area contributed by atoms with E-state index >= 15 is 0 Å². The summed E-state index contributed by atoms with van der Waals surface area (Å²) in [6.45, 7) is 4.82. The molecule has 0 bridgehead atoms. The summed E-state index contributed by atoms with van der Waals surface area (Å²) >= 11 is 0. The Morgan fingerprint density at radius 2 is 1.66 bits per heavy atom. The summed E-state index contributed by atoms with van der Waals surface area (Å²) < 4.78 is 25.4. The maximum absolute atomic E-state index is 13.9. The zero-order valence-electron chi connectivity index (χ0n) is 26.1. The highest BCUT2D eigenvalue weighted by Crippen LogP contribution is 2.33. The van der Waals surface area contributed by atoms with Crippen LogP contribution in [0.4, 0.5) is 0 Å². The highest BCUT2D eigenvalue weighted by atomic mass is 32.2. The Morgan fingerprint density at radius 3 is 2.25 bits per heavy atom. The molecule has 11 heteroatoms. The molecule has 0 radical (unpaired) electrons. The first-order valence-electron chi connectivity index (χ1n) is 15.9. The molecule has 2 saturated carbocycles. The first kappa shape index (κ1) is 33.8. The molecule has 0 spiro atoms. The van der Waals surface area contributed by atoms with Crippen molar-refractivity contribution < 1.29 is 27.9 Å². The molecule has 2 aliphatic carbocycles. The number of nitrogens with one attached hydrogen (secondary N) is 3. The molecule has 4 N–H and O–H groups in total. The van der Waals surface area contributed by atoms with E-state index in [2.05, 4.69) is 20.6 Å². The molecule has 4 atom stereocenters. The largest absolute Gasteiger partial charge is 0.383 e. The van der Waals surface area contributed by atoms with Gasteiger partial charge in [0.15, 0.2) is 15.6 Å². The van der Waals surface area contributed by atoms with Gasteiger partial charge < -0.3 is 20.7 Å². The van der Waals surface area contributed by atoms with Gasteiger partial charge in [-0.25, -0.2) is 13.4 Å². The number of aliphatic hydroxyl groups excluding tert-OH is 1. The van der Waals surface area contributed by atoms with E-state index in [9.17, 15) is 27.9 Å². The standard InChI is InChI=1S/C33H48N4O6S/c1-33(2,3)44(42,43)20-25(16-22-10-6-4-7-11-22)31(40)37-28(18-26-19-34-21-35-26)32(41)36-27(17-23-12-8-5-9-13-23)30(39)29(38)24-14-15-24/h4,6-7,10-11,19,21,23-25,27-28,30,39H,5,8-9,12-18,20H2,1-3H3,(H,34,35)(H,36,41)(H,37,40)/t25-,27+,28+,30-/m1/s1. The van der Waals surface area contributed by atoms with Gasteiger partial charge in [-0.15, -0.1) is 0 Å². The van der Waals surface area contributed by atoms with E-state index in [1.54, 1.807) is 27.0 Å². The van der Waals surface area contributed by atoms with Crippen molar-refractivity contribution in [1.82, 2.24) is 20.6 Å². The Morgan fingerprint density at radius 1 is 0.977 bits per heavy atom. The van der Waals surface area contributed by atoms with Gasteiger partial charge in [0.05, 0.1) is 28.8 Å². The van der Waals surface area contributed by atoms with Crippen molar-refractivity contribution in [2.75, 3.05) is 5.75 Å². The van der Waals surface area contributed by atoms with Crippen molar-refractivity contribution >= 4 is 27.4 Å². The Kier molecular flexibility index (Phi) is 11.4. The van der Waals surface area contributed by atoms with Crippen LogP contribution in [0.1, 0.15) is 83.4 Å². The van der Waals surface area contributed by atoms with Crippen LogP contribution in [0.2, 0.25) is 0 Å². The fourth-order valence-corrected chi connectivity index (χ4v) is 7.19. The third kappa shape index (κ3) is 9.47. The number of aromatic amines is 1. The Hall–Kier alpha value is -3.05. The number of carbonyl (C=O) groups excluding carboxylic acids is 3. The molecule has 2 fully saturated rings. The number of amides is 2. The van der Waals surface area contributed by atoms with Crippen LogP contribution in [0.15, 0.2) is 42.9 Å². The molecule has 0 aliphatic heterocycles. The molecule has 2 amide bonds. The number of H-pyrrole nitrogens is 1. The highest BCUT2D eigenvalue weighted by molar-refractivity contribution is 7.92. The first-order valence-corrected chi connectivity index (χ1v) is 17.6. The third-order valence-corrected chi connectivity index (χ3v) is 11.7. The molecule has 44 heavy (non-hydrogen) atoms. The van der Waals surface area contributed by atoms with Gasteiger partial charge in [0.25, 0.3) is 0 Å². The average Bonchev–Trinajstić information content (AvgIpc) is 3.71. The molecule has 2 aromatic rings. The van der Waals surface area contributed by atoms with Crippen LogP contribution in [0, 0.1) is 17.8 Å². The minimum Gasteiger partial charge on any atom is -0.383 e. The lowest BCUT2D eigenvalue weighted by atomic mass is 9.83. The lowest BCUT2D eigenvalue weighted by Crippen LogP contribution is -2.56. The minimum absolute atomic E-state index is 0.0739. The van der Waals surface area contributed by atoms with Gasteiger partial charge in [-0.05, 0) is 57.9 Å². The number of sulfone groups is 1. The highest BCUT2D eigenvalue weighted by Gasteiger charge is 2.40. The molecule has 1 aromatic carbocycles. The van der Waals surface area contributed by atoms with Crippen LogP contribution < -0.4 is 10.6 Å². The third-order valence-electron chi connectivity index (χ3n) is 8.95. The average molecular weight is 629 g/mol. The maximum Gasteiger partial charge on any atom is 0.243 e. The van der Waals surface area contributed by atoms with Crippen molar-refractivity contribution in [1.29, 1.82) is 0 Å². The van der Waals surface area contributed by atoms with Crippen molar-refractivity contribution in [3.05, 3.63) is 54.1 Å². The molecule has 4 rings (SSSR count). The number of aliphatic hydroxyl groups is 1. The monoisotopic (exact) mass is 628 g/mol. The summed E-state index contributed by atoms with van der Waals surface area (Å²) in [5.41, 5.74) is 1.41. The Bertz CT molecular complexity index is 1350. The van der Waals surface area contributed by atoms with E-state index in [-0.39, 0.29) is 36.2 Å². The fraction of sp³-hybridized carbons (Fsp3) is 0.636. The second-order valence-electron chi connectivity index (χ2n) is 13.6. The second kappa shape index (κ2) is 14.8. The molecular weight excluding hydrogens is 580 g/mol. The number of hydrogen-bond donors (Lipinski definition) is 4. The van der Waals surface area contributed by atoms with Crippen molar-refractivity contribution in [3.8, 4) is 0 Å². The van der Waals surface area contributed by atoms with E-state index in [0.29, 0.717) is 12.1 Å². The Labute approximate surface area is 261 Å². The molecule has 10 nitrogen and oxygen atoms in total. The summed E-state index contributed by atoms with van der Waals surface area (Å²) in [7, 11) is -3.67. The molecule has 2 aliphatic rings. The zero-order chi connectivity index (χ0) is 31.9. The summed E-state index contributed by atoms with van der Waals surface area (Å²) in [5, 5.41) is 16.9. The zero-order valence-corrected chi connectivity index (χ0v) is 26.9. The SMILES string of the molecule is CC(C)(C)S(=O)(=O)C[C@@H](Cc1ccccc1)C(=O)N[C@@H](Cc1cnc[nH]1)C(=O)N[C@@H](CC1CCCCC1)[C@@H](O)C(=O)C1CC1. The van der Waals surface area contributed by atoms with E-state index < -0.39 is 50.5 Å². The fourth-order valence-electron chi connectivity index (χ4n) is 5.90. The van der Waals surface area contributed by atoms with E-state index in [1.807, 2.05) is 30.3 Å². The molecule has 1 aromatic heterocycles. The van der Waals surface area contributed by atoms with Gasteiger partial charge in [-0.2, -0.15) is 0 Å². The summed E-state index contributed by atoms with van der Waals surface area (Å²) in [6.07, 6.45) is 9.23. The minimum atomic E-state index is -3.67. The maximum atomic E-state index is 13.9. The number of aromatic nitrogens is 2. The van der Waals surface area contributed by atoms with Crippen molar-refractivity contribution in [2.24, 2.45) is 17.8 Å². The topological polar surface area (TPSA) is 158 Å². The number of rotatable bonds is 15. The molecule has 0 saturated heterocycles. The van der Waals surface area contributed by atoms with Crippen LogP contribution in [0.25, 0.3) is 0 Å². The summed E-state index contributed by atoms with van der Waals surface area (Å²) in [5.74, 6) is -2.54. The van der Waals surface area contributed by atoms with Gasteiger partial charge in [0, 0.05) is 24.2 Å². The molecule has 1 heterocycles. The molecule has 242 valence electrons. The van der Waals surface area contributed by atoms with Crippen LogP contribution in [-0.4, -0.2) is 69.8 Å². The quantitative estimate of drug-likeness (QED) is 0.236. The van der Waals surface area contributed by atoms with Crippen LogP contribution in [0.3, 0.4) is 0 Å². The van der Waals surface area contributed by atoms with Gasteiger partial charge in [-0.1, -0.05) is 62.4 Å². The number of benzene rings is 1. The first-order chi connectivity index (χ1) is 20.8. The normalized spacial score (nSPS) is 19.0. The van der Waals surface area contributed by atoms with Gasteiger partial charge >= 0.3 is 0 Å². The number of hydrogen-bond acceptors (Lipinski definition) is 7. The number of Topliss-reactive ketones (excluding diaryl/α,β-unsaturated/α-hetero) is 1. The van der Waals surface area contributed by atoms with Gasteiger partial charge in [0.1, 0.15) is 12.1 Å². The van der Waals surface area contributed by atoms with Crippen LogP contribution >= 0.6 is 0 Å². The van der Waals surface area contributed by atoms with E-state index in [0.717, 1.165) is 50.5 Å². The number of carbonyl (C=O) groups is 3. The van der Waals surface area contributed by atoms with Gasteiger partial charge in [0.2, 0.25) is 11.8 Å². The lowest BCUT2D eigenvalue weighted by Gasteiger charge is -2.31. The summed E-state index contributed by atoms with van der Waals surface area (Å²) in [6, 6.07) is 7.33. The predicted molar refractivity (Wildman–Crippen MR) is 168 cm³/mol. The van der Waals surface area contributed by atoms with Crippen molar-refractivity contribution in [2.45, 2.75) is 108 Å². The molecule has 0 unspecified atom stereocenters. The van der Waals surface area contributed by atoms with Crippen LogP contribution in [-0.2, 0) is 37.1 Å². The summed E-state index contributed by atoms with van der Waals surface area (Å²) in [4.78, 5) is 47.7. The second-order valence-corrected chi connectivity index (χ2v) is 16.4. The van der Waals surface area contributed by atoms with E-state index in [1.165, 1.54) is 6.33 Å². The smallest absolute Gasteiger partial charge is 0.243 e. The molecular formula is C33H48N4O6S. The lowest BCUT2D eigenvalue weighted by molar-refractivity contribution is -0.134. The number of imidazole rings is 1. The number of ketones is 1. The Balaban J connectivity index is 1.56. The predicted octanol–water partition coefficient (Wildman–Crippen LogP) is 3.30. The van der Waals surface area contributed by atoms with Crippen molar-refractivity contribution in [3.63, 3.8) is 0 Å².